The Morgan fingerprint density at radius 2 is 2.05 bits per heavy atom. The zero-order valence-electron chi connectivity index (χ0n) is 11.4. The van der Waals surface area contributed by atoms with Crippen LogP contribution in [0.25, 0.3) is 0 Å². The molecule has 9 heteroatoms. The Kier molecular flexibility index (Phi) is 4.90. The molecule has 1 aromatic heterocycles. The Labute approximate surface area is 116 Å². The van der Waals surface area contributed by atoms with E-state index in [-0.39, 0.29) is 17.0 Å². The Morgan fingerprint density at radius 3 is 2.50 bits per heavy atom. The molecule has 0 saturated heterocycles. The normalized spacial score (nSPS) is 12.9. The number of sulfonamides is 1. The minimum absolute atomic E-state index is 0.0592. The van der Waals surface area contributed by atoms with E-state index in [1.165, 1.54) is 30.9 Å². The Hall–Kier alpha value is -1.87. The van der Waals surface area contributed by atoms with Crippen molar-refractivity contribution in [3.05, 3.63) is 18.0 Å². The van der Waals surface area contributed by atoms with Gasteiger partial charge >= 0.3 is 5.97 Å². The maximum atomic E-state index is 12.0. The van der Waals surface area contributed by atoms with Crippen molar-refractivity contribution >= 4 is 21.9 Å². The van der Waals surface area contributed by atoms with Crippen LogP contribution in [0.4, 0.5) is 0 Å². The average molecular weight is 303 g/mol. The van der Waals surface area contributed by atoms with Crippen molar-refractivity contribution < 1.29 is 23.1 Å². The SMILES string of the molecule is CC[C@@H](NC(=O)c1cc(S(=O)(=O)NC)cn1C)C(=O)O. The highest BCUT2D eigenvalue weighted by Crippen LogP contribution is 2.13. The number of aromatic nitrogens is 1. The Morgan fingerprint density at radius 1 is 1.45 bits per heavy atom. The van der Waals surface area contributed by atoms with Crippen molar-refractivity contribution in [3.63, 3.8) is 0 Å². The second kappa shape index (κ2) is 6.06. The molecule has 112 valence electrons. The summed E-state index contributed by atoms with van der Waals surface area (Å²) in [6, 6.07) is 0.178. The maximum Gasteiger partial charge on any atom is 0.326 e. The summed E-state index contributed by atoms with van der Waals surface area (Å²) in [5, 5.41) is 11.2. The third-order valence-electron chi connectivity index (χ3n) is 2.80. The molecule has 0 aliphatic carbocycles. The zero-order chi connectivity index (χ0) is 15.5. The minimum Gasteiger partial charge on any atom is -0.480 e. The van der Waals surface area contributed by atoms with E-state index >= 15 is 0 Å². The number of nitrogens with zero attached hydrogens (tertiary/aromatic N) is 1. The first-order valence-corrected chi connectivity index (χ1v) is 7.34. The quantitative estimate of drug-likeness (QED) is 0.656. The predicted molar refractivity (Wildman–Crippen MR) is 70.8 cm³/mol. The zero-order valence-corrected chi connectivity index (χ0v) is 12.2. The number of carboxylic acids is 1. The lowest BCUT2D eigenvalue weighted by molar-refractivity contribution is -0.139. The van der Waals surface area contributed by atoms with Gasteiger partial charge in [0.05, 0.1) is 0 Å². The number of hydrogen-bond acceptors (Lipinski definition) is 4. The smallest absolute Gasteiger partial charge is 0.326 e. The van der Waals surface area contributed by atoms with Crippen LogP contribution in [0.1, 0.15) is 23.8 Å². The summed E-state index contributed by atoms with van der Waals surface area (Å²) in [7, 11) is -0.882. The molecule has 3 N–H and O–H groups in total. The first-order chi connectivity index (χ1) is 9.22. The summed E-state index contributed by atoms with van der Waals surface area (Å²) in [5.74, 6) is -1.78. The predicted octanol–water partition coefficient (Wildman–Crippen LogP) is -0.474. The van der Waals surface area contributed by atoms with E-state index in [0.717, 1.165) is 0 Å². The highest BCUT2D eigenvalue weighted by molar-refractivity contribution is 7.89. The molecule has 0 aliphatic rings. The number of rotatable bonds is 6. The molecule has 1 rings (SSSR count). The molecule has 1 atom stereocenters. The van der Waals surface area contributed by atoms with Gasteiger partial charge in [0.2, 0.25) is 10.0 Å². The topological polar surface area (TPSA) is 117 Å². The van der Waals surface area contributed by atoms with Crippen molar-refractivity contribution in [2.75, 3.05) is 7.05 Å². The molecular formula is C11H17N3O5S. The third kappa shape index (κ3) is 3.36. The molecule has 0 radical (unpaired) electrons. The second-order valence-corrected chi connectivity index (χ2v) is 6.04. The highest BCUT2D eigenvalue weighted by Gasteiger charge is 2.23. The highest BCUT2D eigenvalue weighted by atomic mass is 32.2. The Balaban J connectivity index is 3.04. The van der Waals surface area contributed by atoms with Gasteiger partial charge in [-0.2, -0.15) is 0 Å². The van der Waals surface area contributed by atoms with E-state index in [1.54, 1.807) is 6.92 Å². The largest absolute Gasteiger partial charge is 0.480 e. The molecule has 1 aromatic rings. The van der Waals surface area contributed by atoms with Crippen LogP contribution in [-0.4, -0.2) is 43.1 Å². The van der Waals surface area contributed by atoms with Crippen molar-refractivity contribution in [2.24, 2.45) is 7.05 Å². The van der Waals surface area contributed by atoms with E-state index in [9.17, 15) is 18.0 Å². The van der Waals surface area contributed by atoms with Gasteiger partial charge in [-0.15, -0.1) is 0 Å². The Bertz CT molecular complexity index is 620. The number of nitrogens with one attached hydrogen (secondary N) is 2. The lowest BCUT2D eigenvalue weighted by atomic mass is 10.2. The van der Waals surface area contributed by atoms with Crippen LogP contribution in [0.5, 0.6) is 0 Å². The first-order valence-electron chi connectivity index (χ1n) is 5.86. The molecule has 0 aliphatic heterocycles. The molecule has 0 bridgehead atoms. The van der Waals surface area contributed by atoms with Crippen LogP contribution in [0, 0.1) is 0 Å². The minimum atomic E-state index is -3.65. The van der Waals surface area contributed by atoms with E-state index in [1.807, 2.05) is 0 Å². The van der Waals surface area contributed by atoms with Gasteiger partial charge in [-0.05, 0) is 19.5 Å². The van der Waals surface area contributed by atoms with Gasteiger partial charge in [-0.3, -0.25) is 4.79 Å². The van der Waals surface area contributed by atoms with Gasteiger partial charge < -0.3 is 15.0 Å². The van der Waals surface area contributed by atoms with Crippen molar-refractivity contribution in [1.82, 2.24) is 14.6 Å². The number of carbonyl (C=O) groups excluding carboxylic acids is 1. The fraction of sp³-hybridized carbons (Fsp3) is 0.455. The monoisotopic (exact) mass is 303 g/mol. The third-order valence-corrected chi connectivity index (χ3v) is 4.18. The molecule has 0 fully saturated rings. The van der Waals surface area contributed by atoms with Crippen LogP contribution < -0.4 is 10.0 Å². The molecule has 20 heavy (non-hydrogen) atoms. The molecule has 1 heterocycles. The molecule has 0 unspecified atom stereocenters. The van der Waals surface area contributed by atoms with Gasteiger partial charge in [-0.25, -0.2) is 17.9 Å². The van der Waals surface area contributed by atoms with Crippen LogP contribution in [0.3, 0.4) is 0 Å². The lowest BCUT2D eigenvalue weighted by Gasteiger charge is -2.12. The average Bonchev–Trinajstić information content (AvgIpc) is 2.78. The molecule has 0 saturated carbocycles. The number of carboxylic acid groups (broad SMARTS) is 1. The fourth-order valence-electron chi connectivity index (χ4n) is 1.60. The summed E-state index contributed by atoms with van der Waals surface area (Å²) in [4.78, 5) is 22.8. The molecule has 0 spiro atoms. The maximum absolute atomic E-state index is 12.0. The van der Waals surface area contributed by atoms with Gasteiger partial charge in [0.15, 0.2) is 0 Å². The van der Waals surface area contributed by atoms with Crippen LogP contribution in [0.15, 0.2) is 17.2 Å². The van der Waals surface area contributed by atoms with Crippen molar-refractivity contribution in [3.8, 4) is 0 Å². The van der Waals surface area contributed by atoms with E-state index < -0.39 is 27.9 Å². The van der Waals surface area contributed by atoms with Crippen molar-refractivity contribution in [2.45, 2.75) is 24.3 Å². The molecule has 8 nitrogen and oxygen atoms in total. The summed E-state index contributed by atoms with van der Waals surface area (Å²) < 4.78 is 26.7. The van der Waals surface area contributed by atoms with Gasteiger partial charge in [0.1, 0.15) is 16.6 Å². The number of aryl methyl sites for hydroxylation is 1. The van der Waals surface area contributed by atoms with Crippen molar-refractivity contribution in [1.29, 1.82) is 0 Å². The first kappa shape index (κ1) is 16.2. The summed E-state index contributed by atoms with van der Waals surface area (Å²) >= 11 is 0. The standard InChI is InChI=1S/C11H17N3O5S/c1-4-8(11(16)17)13-10(15)9-5-7(6-14(9)3)20(18,19)12-2/h5-6,8,12H,4H2,1-3H3,(H,13,15)(H,16,17)/t8-/m1/s1. The molecular weight excluding hydrogens is 286 g/mol. The number of hydrogen-bond donors (Lipinski definition) is 3. The van der Waals surface area contributed by atoms with Crippen LogP contribution in [-0.2, 0) is 21.9 Å². The summed E-state index contributed by atoms with van der Waals surface area (Å²) in [6.07, 6.45) is 1.51. The lowest BCUT2D eigenvalue weighted by Crippen LogP contribution is -2.40. The van der Waals surface area contributed by atoms with Crippen LogP contribution in [0.2, 0.25) is 0 Å². The van der Waals surface area contributed by atoms with E-state index in [2.05, 4.69) is 10.0 Å². The number of aliphatic carboxylic acids is 1. The van der Waals surface area contributed by atoms with Crippen LogP contribution >= 0.6 is 0 Å². The van der Waals surface area contributed by atoms with E-state index in [0.29, 0.717) is 0 Å². The van der Waals surface area contributed by atoms with Gasteiger partial charge in [0.25, 0.3) is 5.91 Å². The van der Waals surface area contributed by atoms with Gasteiger partial charge in [-0.1, -0.05) is 6.92 Å². The fourth-order valence-corrected chi connectivity index (χ4v) is 2.39. The van der Waals surface area contributed by atoms with E-state index in [4.69, 9.17) is 5.11 Å². The number of amides is 1. The second-order valence-electron chi connectivity index (χ2n) is 4.15. The number of carbonyl (C=O) groups is 2. The molecule has 0 aromatic carbocycles. The summed E-state index contributed by atoms with van der Waals surface area (Å²) in [5.41, 5.74) is 0.0681. The summed E-state index contributed by atoms with van der Waals surface area (Å²) in [6.45, 7) is 1.63. The van der Waals surface area contributed by atoms with Gasteiger partial charge in [0, 0.05) is 13.2 Å². The molecule has 1 amide bonds.